The first kappa shape index (κ1) is 17.3. The molecule has 27 heavy (non-hydrogen) atoms. The fourth-order valence-electron chi connectivity index (χ4n) is 3.19. The average Bonchev–Trinajstić information content (AvgIpc) is 3.39. The smallest absolute Gasteiger partial charge is 0.253 e. The van der Waals surface area contributed by atoms with Crippen LogP contribution in [0.2, 0.25) is 0 Å². The van der Waals surface area contributed by atoms with Crippen molar-refractivity contribution in [3.05, 3.63) is 66.1 Å². The Bertz CT molecular complexity index is 974. The van der Waals surface area contributed by atoms with Crippen molar-refractivity contribution >= 4 is 28.3 Å². The molecule has 2 aromatic carbocycles. The monoisotopic (exact) mass is 362 g/mol. The lowest BCUT2D eigenvalue weighted by Crippen LogP contribution is -2.34. The van der Waals surface area contributed by atoms with Crippen LogP contribution in [0.15, 0.2) is 59.2 Å². The maximum Gasteiger partial charge on any atom is 0.253 e. The predicted molar refractivity (Wildman–Crippen MR) is 105 cm³/mol. The van der Waals surface area contributed by atoms with Crippen molar-refractivity contribution in [1.82, 2.24) is 5.32 Å². The van der Waals surface area contributed by atoms with Crippen molar-refractivity contribution in [3.63, 3.8) is 0 Å². The molecular formula is C22H22N2O3. The highest BCUT2D eigenvalue weighted by Gasteiger charge is 2.30. The molecule has 0 bridgehead atoms. The number of carbonyl (C=O) groups excluding carboxylic acids is 2. The summed E-state index contributed by atoms with van der Waals surface area (Å²) in [5.41, 5.74) is 1.04. The lowest BCUT2D eigenvalue weighted by Gasteiger charge is -2.16. The molecule has 1 atom stereocenters. The van der Waals surface area contributed by atoms with E-state index >= 15 is 0 Å². The summed E-state index contributed by atoms with van der Waals surface area (Å²) < 4.78 is 5.35. The van der Waals surface area contributed by atoms with Crippen molar-refractivity contribution in [2.24, 2.45) is 5.92 Å². The standard InChI is InChI=1S/C22H22N2O3/c1-14(11-18-7-4-10-27-18)23-22(26)19-12-16-5-2-3-6-17(16)13-20(19)24-21(25)15-8-9-15/h2-7,10,12-15H,8-9,11H2,1H3,(H,23,26)(H,24,25). The summed E-state index contributed by atoms with van der Waals surface area (Å²) in [6.07, 6.45) is 4.07. The minimum Gasteiger partial charge on any atom is -0.469 e. The molecule has 2 N–H and O–H groups in total. The zero-order valence-electron chi connectivity index (χ0n) is 15.2. The molecule has 0 aliphatic heterocycles. The third kappa shape index (κ3) is 4.03. The molecule has 5 heteroatoms. The van der Waals surface area contributed by atoms with Crippen LogP contribution in [-0.4, -0.2) is 17.9 Å². The fourth-order valence-corrected chi connectivity index (χ4v) is 3.19. The molecule has 1 aromatic heterocycles. The number of hydrogen-bond donors (Lipinski definition) is 2. The van der Waals surface area contributed by atoms with Gasteiger partial charge in [-0.3, -0.25) is 9.59 Å². The van der Waals surface area contributed by atoms with E-state index in [1.165, 1.54) is 0 Å². The molecule has 4 rings (SSSR count). The number of fused-ring (bicyclic) bond motifs is 1. The molecule has 138 valence electrons. The lowest BCUT2D eigenvalue weighted by atomic mass is 10.0. The Kier molecular flexibility index (Phi) is 4.67. The molecule has 1 saturated carbocycles. The Morgan fingerprint density at radius 1 is 1.11 bits per heavy atom. The number of furan rings is 1. The number of amides is 2. The highest BCUT2D eigenvalue weighted by molar-refractivity contribution is 6.08. The van der Waals surface area contributed by atoms with Crippen molar-refractivity contribution in [2.45, 2.75) is 32.2 Å². The van der Waals surface area contributed by atoms with E-state index in [1.54, 1.807) is 6.26 Å². The second-order valence-corrected chi connectivity index (χ2v) is 7.17. The van der Waals surface area contributed by atoms with Gasteiger partial charge >= 0.3 is 0 Å². The van der Waals surface area contributed by atoms with Gasteiger partial charge in [-0.25, -0.2) is 0 Å². The first-order valence-corrected chi connectivity index (χ1v) is 9.27. The molecule has 1 fully saturated rings. The third-order valence-electron chi connectivity index (χ3n) is 4.80. The minimum absolute atomic E-state index is 0.0111. The maximum atomic E-state index is 12.9. The molecule has 3 aromatic rings. The van der Waals surface area contributed by atoms with Crippen molar-refractivity contribution in [2.75, 3.05) is 5.32 Å². The van der Waals surface area contributed by atoms with Gasteiger partial charge in [0.2, 0.25) is 5.91 Å². The van der Waals surface area contributed by atoms with Crippen LogP contribution in [0.25, 0.3) is 10.8 Å². The topological polar surface area (TPSA) is 71.3 Å². The van der Waals surface area contributed by atoms with Gasteiger partial charge in [0, 0.05) is 18.4 Å². The van der Waals surface area contributed by atoms with E-state index in [4.69, 9.17) is 4.42 Å². The minimum atomic E-state index is -0.203. The molecule has 1 aliphatic carbocycles. The number of anilines is 1. The van der Waals surface area contributed by atoms with E-state index in [1.807, 2.05) is 55.5 Å². The van der Waals surface area contributed by atoms with Gasteiger partial charge < -0.3 is 15.1 Å². The van der Waals surface area contributed by atoms with Crippen molar-refractivity contribution < 1.29 is 14.0 Å². The van der Waals surface area contributed by atoms with Crippen LogP contribution in [0.4, 0.5) is 5.69 Å². The zero-order valence-corrected chi connectivity index (χ0v) is 15.2. The van der Waals surface area contributed by atoms with Crippen LogP contribution in [0.1, 0.15) is 35.9 Å². The predicted octanol–water partition coefficient (Wildman–Crippen LogP) is 4.14. The van der Waals surface area contributed by atoms with Gasteiger partial charge in [0.15, 0.2) is 0 Å². The van der Waals surface area contributed by atoms with Gasteiger partial charge in [-0.05, 0) is 54.8 Å². The van der Waals surface area contributed by atoms with Gasteiger partial charge in [0.25, 0.3) is 5.91 Å². The van der Waals surface area contributed by atoms with E-state index in [2.05, 4.69) is 10.6 Å². The molecule has 2 amide bonds. The molecular weight excluding hydrogens is 340 g/mol. The second kappa shape index (κ2) is 7.27. The van der Waals surface area contributed by atoms with E-state index < -0.39 is 0 Å². The number of nitrogens with one attached hydrogen (secondary N) is 2. The lowest BCUT2D eigenvalue weighted by molar-refractivity contribution is -0.117. The van der Waals surface area contributed by atoms with Crippen molar-refractivity contribution in [3.8, 4) is 0 Å². The molecule has 1 heterocycles. The zero-order chi connectivity index (χ0) is 18.8. The summed E-state index contributed by atoms with van der Waals surface area (Å²) in [5.74, 6) is 0.683. The summed E-state index contributed by atoms with van der Waals surface area (Å²) in [6, 6.07) is 15.2. The highest BCUT2D eigenvalue weighted by Crippen LogP contribution is 2.32. The SMILES string of the molecule is CC(Cc1ccco1)NC(=O)c1cc2ccccc2cc1NC(=O)C1CC1. The van der Waals surface area contributed by atoms with E-state index in [0.29, 0.717) is 17.7 Å². The first-order chi connectivity index (χ1) is 13.1. The van der Waals surface area contributed by atoms with Gasteiger partial charge in [0.1, 0.15) is 5.76 Å². The molecule has 5 nitrogen and oxygen atoms in total. The Morgan fingerprint density at radius 2 is 1.85 bits per heavy atom. The normalized spacial score (nSPS) is 14.7. The Labute approximate surface area is 157 Å². The summed E-state index contributed by atoms with van der Waals surface area (Å²) in [7, 11) is 0. The Hall–Kier alpha value is -3.08. The fraction of sp³-hybridized carbons (Fsp3) is 0.273. The van der Waals surface area contributed by atoms with Crippen LogP contribution in [-0.2, 0) is 11.2 Å². The van der Waals surface area contributed by atoms with Gasteiger partial charge in [-0.15, -0.1) is 0 Å². The summed E-state index contributed by atoms with van der Waals surface area (Å²) in [5, 5.41) is 7.91. The van der Waals surface area contributed by atoms with Gasteiger partial charge in [0.05, 0.1) is 17.5 Å². The highest BCUT2D eigenvalue weighted by atomic mass is 16.3. The Balaban J connectivity index is 1.59. The summed E-state index contributed by atoms with van der Waals surface area (Å²) in [4.78, 5) is 25.2. The number of rotatable bonds is 6. The average molecular weight is 362 g/mol. The van der Waals surface area contributed by atoms with Crippen LogP contribution in [0.5, 0.6) is 0 Å². The van der Waals surface area contributed by atoms with E-state index in [-0.39, 0.29) is 23.8 Å². The second-order valence-electron chi connectivity index (χ2n) is 7.17. The molecule has 0 radical (unpaired) electrons. The summed E-state index contributed by atoms with van der Waals surface area (Å²) in [6.45, 7) is 1.93. The van der Waals surface area contributed by atoms with Crippen LogP contribution in [0, 0.1) is 5.92 Å². The van der Waals surface area contributed by atoms with Crippen LogP contribution < -0.4 is 10.6 Å². The summed E-state index contributed by atoms with van der Waals surface area (Å²) >= 11 is 0. The van der Waals surface area contributed by atoms with Gasteiger partial charge in [-0.1, -0.05) is 24.3 Å². The number of benzene rings is 2. The van der Waals surface area contributed by atoms with Gasteiger partial charge in [-0.2, -0.15) is 0 Å². The Morgan fingerprint density at radius 3 is 2.52 bits per heavy atom. The number of hydrogen-bond acceptors (Lipinski definition) is 3. The van der Waals surface area contributed by atoms with E-state index in [0.717, 1.165) is 29.4 Å². The first-order valence-electron chi connectivity index (χ1n) is 9.27. The molecule has 1 aliphatic rings. The molecule has 0 spiro atoms. The van der Waals surface area contributed by atoms with E-state index in [9.17, 15) is 9.59 Å². The largest absolute Gasteiger partial charge is 0.469 e. The third-order valence-corrected chi connectivity index (χ3v) is 4.80. The van der Waals surface area contributed by atoms with Crippen LogP contribution in [0.3, 0.4) is 0 Å². The van der Waals surface area contributed by atoms with Crippen molar-refractivity contribution in [1.29, 1.82) is 0 Å². The molecule has 1 unspecified atom stereocenters. The molecule has 0 saturated heterocycles. The van der Waals surface area contributed by atoms with Crippen LogP contribution >= 0.6 is 0 Å². The maximum absolute atomic E-state index is 12.9. The number of carbonyl (C=O) groups is 2. The quantitative estimate of drug-likeness (QED) is 0.692.